The van der Waals surface area contributed by atoms with Gasteiger partial charge in [0, 0.05) is 49.2 Å². The summed E-state index contributed by atoms with van der Waals surface area (Å²) in [6, 6.07) is 14.2. The quantitative estimate of drug-likeness (QED) is 0.399. The monoisotopic (exact) mass is 454 g/mol. The molecule has 0 unspecified atom stereocenters. The van der Waals surface area contributed by atoms with Crippen LogP contribution in [0.5, 0.6) is 0 Å². The van der Waals surface area contributed by atoms with Crippen molar-refractivity contribution in [1.29, 1.82) is 0 Å². The van der Waals surface area contributed by atoms with Crippen molar-refractivity contribution in [1.82, 2.24) is 29.8 Å². The average molecular weight is 455 g/mol. The minimum Gasteiger partial charge on any atom is -0.453 e. The van der Waals surface area contributed by atoms with Gasteiger partial charge in [0.1, 0.15) is 5.76 Å². The van der Waals surface area contributed by atoms with Gasteiger partial charge in [-0.15, -0.1) is 0 Å². The van der Waals surface area contributed by atoms with Crippen LogP contribution in [-0.4, -0.2) is 36.4 Å². The Hall–Kier alpha value is -3.49. The maximum Gasteiger partial charge on any atom is 0.174 e. The molecule has 5 heterocycles. The zero-order chi connectivity index (χ0) is 22.2. The molecule has 0 radical (unpaired) electrons. The number of furan rings is 1. The Bertz CT molecular complexity index is 1430. The van der Waals surface area contributed by atoms with E-state index in [4.69, 9.17) is 9.40 Å². The molecule has 33 heavy (non-hydrogen) atoms. The van der Waals surface area contributed by atoms with E-state index in [1.165, 1.54) is 22.9 Å². The summed E-state index contributed by atoms with van der Waals surface area (Å²) in [5, 5.41) is 1.68. The molecule has 7 nitrogen and oxygen atoms in total. The largest absolute Gasteiger partial charge is 0.453 e. The number of pyridine rings is 1. The van der Waals surface area contributed by atoms with Crippen LogP contribution in [0.15, 0.2) is 75.7 Å². The first-order valence-electron chi connectivity index (χ1n) is 10.9. The van der Waals surface area contributed by atoms with Gasteiger partial charge in [-0.2, -0.15) is 0 Å². The SMILES string of the molecule is Cc1ccc2nc(Sc3ccc(CN4CCc5nc(-c6ccncc6)ncc5C4)o3)[nH]c2c1. The Morgan fingerprint density at radius 1 is 1.09 bits per heavy atom. The summed E-state index contributed by atoms with van der Waals surface area (Å²) in [6.07, 6.45) is 6.39. The van der Waals surface area contributed by atoms with E-state index in [1.54, 1.807) is 12.4 Å². The van der Waals surface area contributed by atoms with E-state index in [0.29, 0.717) is 0 Å². The predicted molar refractivity (Wildman–Crippen MR) is 127 cm³/mol. The number of hydrogen-bond donors (Lipinski definition) is 1. The maximum absolute atomic E-state index is 6.10. The van der Waals surface area contributed by atoms with E-state index in [-0.39, 0.29) is 0 Å². The van der Waals surface area contributed by atoms with Crippen molar-refractivity contribution in [3.63, 3.8) is 0 Å². The van der Waals surface area contributed by atoms with Crippen LogP contribution in [0.3, 0.4) is 0 Å². The van der Waals surface area contributed by atoms with Gasteiger partial charge < -0.3 is 9.40 Å². The zero-order valence-corrected chi connectivity index (χ0v) is 19.0. The second-order valence-corrected chi connectivity index (χ2v) is 9.24. The van der Waals surface area contributed by atoms with Crippen LogP contribution in [0.1, 0.15) is 22.6 Å². The maximum atomic E-state index is 6.10. The third-order valence-electron chi connectivity index (χ3n) is 5.78. The van der Waals surface area contributed by atoms with Crippen LogP contribution < -0.4 is 0 Å². The number of imidazole rings is 1. The van der Waals surface area contributed by atoms with Gasteiger partial charge in [0.2, 0.25) is 0 Å². The molecule has 1 aliphatic rings. The zero-order valence-electron chi connectivity index (χ0n) is 18.2. The molecule has 4 aromatic heterocycles. The summed E-state index contributed by atoms with van der Waals surface area (Å²) in [5.41, 5.74) is 6.53. The molecule has 0 bridgehead atoms. The molecule has 0 saturated heterocycles. The molecule has 0 atom stereocenters. The number of benzene rings is 1. The number of rotatable bonds is 5. The summed E-state index contributed by atoms with van der Waals surface area (Å²) < 4.78 is 6.10. The van der Waals surface area contributed by atoms with Crippen molar-refractivity contribution in [2.75, 3.05) is 6.54 Å². The average Bonchev–Trinajstić information content (AvgIpc) is 3.45. The molecule has 0 saturated carbocycles. The summed E-state index contributed by atoms with van der Waals surface area (Å²) in [7, 11) is 0. The number of nitrogens with zero attached hydrogens (tertiary/aromatic N) is 5. The van der Waals surface area contributed by atoms with Crippen LogP contribution >= 0.6 is 11.8 Å². The Morgan fingerprint density at radius 2 is 2.00 bits per heavy atom. The Labute approximate surface area is 195 Å². The number of aromatic nitrogens is 5. The van der Waals surface area contributed by atoms with Gasteiger partial charge in [-0.25, -0.2) is 15.0 Å². The lowest BCUT2D eigenvalue weighted by Crippen LogP contribution is -2.30. The number of H-pyrrole nitrogens is 1. The third-order valence-corrected chi connectivity index (χ3v) is 6.59. The number of hydrogen-bond acceptors (Lipinski definition) is 7. The number of aryl methyl sites for hydroxylation is 1. The molecule has 1 N–H and O–H groups in total. The van der Waals surface area contributed by atoms with E-state index in [2.05, 4.69) is 43.9 Å². The normalized spacial score (nSPS) is 14.0. The molecule has 0 amide bonds. The Morgan fingerprint density at radius 3 is 2.91 bits per heavy atom. The fourth-order valence-electron chi connectivity index (χ4n) is 4.11. The predicted octanol–water partition coefficient (Wildman–Crippen LogP) is 5.03. The van der Waals surface area contributed by atoms with Gasteiger partial charge in [0.05, 0.1) is 23.3 Å². The highest BCUT2D eigenvalue weighted by molar-refractivity contribution is 7.99. The fraction of sp³-hybridized carbons (Fsp3) is 0.200. The second-order valence-electron chi connectivity index (χ2n) is 8.25. The van der Waals surface area contributed by atoms with Gasteiger partial charge >= 0.3 is 0 Å². The van der Waals surface area contributed by atoms with Crippen molar-refractivity contribution in [2.45, 2.75) is 36.7 Å². The Kier molecular flexibility index (Phi) is 5.16. The standard InChI is InChI=1S/C25H22N6OS/c1-16-2-4-21-22(12-16)30-25(29-21)33-23-5-3-19(32-23)15-31-11-8-20-18(14-31)13-27-24(28-20)17-6-9-26-10-7-17/h2-7,9-10,12-13H,8,11,14-15H2,1H3,(H,29,30). The van der Waals surface area contributed by atoms with E-state index >= 15 is 0 Å². The minimum atomic E-state index is 0.755. The summed E-state index contributed by atoms with van der Waals surface area (Å²) in [6.45, 7) is 4.59. The van der Waals surface area contributed by atoms with Gasteiger partial charge in [0.15, 0.2) is 16.1 Å². The van der Waals surface area contributed by atoms with Crippen LogP contribution in [-0.2, 0) is 19.5 Å². The lowest BCUT2D eigenvalue weighted by atomic mass is 10.1. The summed E-state index contributed by atoms with van der Waals surface area (Å²) >= 11 is 1.51. The van der Waals surface area contributed by atoms with Crippen LogP contribution in [0.4, 0.5) is 0 Å². The smallest absolute Gasteiger partial charge is 0.174 e. The van der Waals surface area contributed by atoms with Crippen molar-refractivity contribution < 1.29 is 4.42 Å². The minimum absolute atomic E-state index is 0.755. The van der Waals surface area contributed by atoms with Gasteiger partial charge in [0.25, 0.3) is 0 Å². The highest BCUT2D eigenvalue weighted by atomic mass is 32.2. The van der Waals surface area contributed by atoms with E-state index in [9.17, 15) is 0 Å². The van der Waals surface area contributed by atoms with E-state index < -0.39 is 0 Å². The van der Waals surface area contributed by atoms with Crippen molar-refractivity contribution in [3.8, 4) is 11.4 Å². The van der Waals surface area contributed by atoms with Gasteiger partial charge in [-0.1, -0.05) is 6.07 Å². The highest BCUT2D eigenvalue weighted by Crippen LogP contribution is 2.30. The number of aromatic amines is 1. The van der Waals surface area contributed by atoms with Crippen LogP contribution in [0, 0.1) is 6.92 Å². The summed E-state index contributed by atoms with van der Waals surface area (Å²) in [5.74, 6) is 1.71. The van der Waals surface area contributed by atoms with Crippen LogP contribution in [0.25, 0.3) is 22.4 Å². The Balaban J connectivity index is 1.12. The topological polar surface area (TPSA) is 83.7 Å². The molecule has 1 aromatic carbocycles. The van der Waals surface area contributed by atoms with Crippen molar-refractivity contribution in [3.05, 3.63) is 83.6 Å². The van der Waals surface area contributed by atoms with E-state index in [0.717, 1.165) is 70.2 Å². The molecule has 1 aliphatic heterocycles. The van der Waals surface area contributed by atoms with Gasteiger partial charge in [-0.05, 0) is 60.6 Å². The lowest BCUT2D eigenvalue weighted by molar-refractivity contribution is 0.218. The number of nitrogens with one attached hydrogen (secondary N) is 1. The molecule has 0 aliphatic carbocycles. The molecule has 8 heteroatoms. The van der Waals surface area contributed by atoms with E-state index in [1.807, 2.05) is 36.5 Å². The van der Waals surface area contributed by atoms with Gasteiger partial charge in [-0.3, -0.25) is 9.88 Å². The molecular formula is C25H22N6OS. The fourth-order valence-corrected chi connectivity index (χ4v) is 4.89. The molecular weight excluding hydrogens is 432 g/mol. The molecule has 6 rings (SSSR count). The molecule has 0 fully saturated rings. The first kappa shape index (κ1) is 20.1. The van der Waals surface area contributed by atoms with Crippen LogP contribution in [0.2, 0.25) is 0 Å². The van der Waals surface area contributed by atoms with Crippen molar-refractivity contribution >= 4 is 22.8 Å². The highest BCUT2D eigenvalue weighted by Gasteiger charge is 2.20. The number of fused-ring (bicyclic) bond motifs is 2. The lowest BCUT2D eigenvalue weighted by Gasteiger charge is -2.27. The molecule has 0 spiro atoms. The second kappa shape index (κ2) is 8.46. The first-order chi connectivity index (χ1) is 16.2. The summed E-state index contributed by atoms with van der Waals surface area (Å²) in [4.78, 5) is 23.8. The first-order valence-corrected chi connectivity index (χ1v) is 11.7. The molecule has 5 aromatic rings. The molecule has 164 valence electrons. The van der Waals surface area contributed by atoms with Crippen molar-refractivity contribution in [2.24, 2.45) is 0 Å². The third kappa shape index (κ3) is 4.27.